The Hall–Kier alpha value is -2.87. The van der Waals surface area contributed by atoms with Crippen molar-refractivity contribution in [3.63, 3.8) is 0 Å². The Kier molecular flexibility index (Phi) is 5.99. The standard InChI is InChI=1S/C24H32N4O4/c1-15-5-7-20-21(28(15)16(2)29)9-8-19(17-11-25-27(12-17)14-24(3,4)31)23(20)32-13-18-6-10-22(30)26-18/h8-9,11-12,15,18,31H,5-7,10,13-14H2,1-4H3,(H,26,30)/t15-,18+/m0/s1. The SMILES string of the molecule is CC(=O)N1c2ccc(-c3cnn(CC(C)(C)O)c3)c(OC[C@H]3CCC(=O)N3)c2CC[C@@H]1C. The van der Waals surface area contributed by atoms with Crippen LogP contribution in [0.3, 0.4) is 0 Å². The van der Waals surface area contributed by atoms with E-state index in [1.165, 1.54) is 0 Å². The van der Waals surface area contributed by atoms with Crippen molar-refractivity contribution in [2.24, 2.45) is 0 Å². The van der Waals surface area contributed by atoms with Gasteiger partial charge in [-0.15, -0.1) is 0 Å². The minimum absolute atomic E-state index is 0.0122. The molecule has 0 saturated carbocycles. The molecule has 0 bridgehead atoms. The molecule has 2 atom stereocenters. The highest BCUT2D eigenvalue weighted by atomic mass is 16.5. The second kappa shape index (κ2) is 8.58. The van der Waals surface area contributed by atoms with Gasteiger partial charge >= 0.3 is 0 Å². The van der Waals surface area contributed by atoms with E-state index >= 15 is 0 Å². The van der Waals surface area contributed by atoms with E-state index < -0.39 is 5.60 Å². The van der Waals surface area contributed by atoms with Crippen molar-refractivity contribution in [3.05, 3.63) is 30.1 Å². The number of ether oxygens (including phenoxy) is 1. The van der Waals surface area contributed by atoms with Crippen LogP contribution in [0.5, 0.6) is 5.75 Å². The van der Waals surface area contributed by atoms with Crippen molar-refractivity contribution in [1.82, 2.24) is 15.1 Å². The summed E-state index contributed by atoms with van der Waals surface area (Å²) in [4.78, 5) is 25.8. The molecule has 2 aromatic rings. The molecule has 3 heterocycles. The highest BCUT2D eigenvalue weighted by Gasteiger charge is 2.31. The predicted octanol–water partition coefficient (Wildman–Crippen LogP) is 2.67. The van der Waals surface area contributed by atoms with Crippen molar-refractivity contribution in [3.8, 4) is 16.9 Å². The number of aliphatic hydroxyl groups is 1. The third-order valence-electron chi connectivity index (χ3n) is 6.09. The van der Waals surface area contributed by atoms with E-state index in [-0.39, 0.29) is 23.9 Å². The Morgan fingerprint density at radius 3 is 2.75 bits per heavy atom. The van der Waals surface area contributed by atoms with Gasteiger partial charge in [-0.2, -0.15) is 5.10 Å². The first-order chi connectivity index (χ1) is 15.1. The van der Waals surface area contributed by atoms with Crippen LogP contribution in [0.25, 0.3) is 11.1 Å². The highest BCUT2D eigenvalue weighted by Crippen LogP contribution is 2.43. The molecule has 32 heavy (non-hydrogen) atoms. The minimum Gasteiger partial charge on any atom is -0.490 e. The number of nitrogens with one attached hydrogen (secondary N) is 1. The molecule has 1 aromatic heterocycles. The average molecular weight is 441 g/mol. The van der Waals surface area contributed by atoms with E-state index in [0.29, 0.717) is 19.6 Å². The monoisotopic (exact) mass is 440 g/mol. The molecule has 8 nitrogen and oxygen atoms in total. The minimum atomic E-state index is -0.878. The summed E-state index contributed by atoms with van der Waals surface area (Å²) < 4.78 is 8.08. The van der Waals surface area contributed by atoms with Crippen LogP contribution in [0, 0.1) is 0 Å². The van der Waals surface area contributed by atoms with Gasteiger partial charge in [-0.1, -0.05) is 0 Å². The summed E-state index contributed by atoms with van der Waals surface area (Å²) in [6, 6.07) is 4.07. The first-order valence-corrected chi connectivity index (χ1v) is 11.3. The molecule has 0 aliphatic carbocycles. The lowest BCUT2D eigenvalue weighted by Crippen LogP contribution is -2.41. The lowest BCUT2D eigenvalue weighted by Gasteiger charge is -2.36. The van der Waals surface area contributed by atoms with Crippen LogP contribution in [0.4, 0.5) is 5.69 Å². The third-order valence-corrected chi connectivity index (χ3v) is 6.09. The lowest BCUT2D eigenvalue weighted by molar-refractivity contribution is -0.119. The molecular weight excluding hydrogens is 408 g/mol. The summed E-state index contributed by atoms with van der Waals surface area (Å²) in [6.45, 7) is 7.90. The van der Waals surface area contributed by atoms with E-state index in [1.54, 1.807) is 31.6 Å². The van der Waals surface area contributed by atoms with Crippen LogP contribution in [0.2, 0.25) is 0 Å². The van der Waals surface area contributed by atoms with E-state index in [1.807, 2.05) is 23.2 Å². The van der Waals surface area contributed by atoms with E-state index in [9.17, 15) is 14.7 Å². The molecule has 0 spiro atoms. The Morgan fingerprint density at radius 1 is 1.31 bits per heavy atom. The Labute approximate surface area is 188 Å². The highest BCUT2D eigenvalue weighted by molar-refractivity contribution is 5.95. The van der Waals surface area contributed by atoms with Crippen LogP contribution in [-0.2, 0) is 22.6 Å². The Morgan fingerprint density at radius 2 is 2.09 bits per heavy atom. The molecule has 172 valence electrons. The van der Waals surface area contributed by atoms with Crippen molar-refractivity contribution >= 4 is 17.5 Å². The van der Waals surface area contributed by atoms with Crippen LogP contribution in [0.15, 0.2) is 24.5 Å². The molecule has 0 unspecified atom stereocenters. The van der Waals surface area contributed by atoms with Gasteiger partial charge in [0.1, 0.15) is 12.4 Å². The van der Waals surface area contributed by atoms with Crippen molar-refractivity contribution < 1.29 is 19.4 Å². The number of hydrogen-bond acceptors (Lipinski definition) is 5. The molecular formula is C24H32N4O4. The number of anilines is 1. The molecule has 4 rings (SSSR count). The number of benzene rings is 1. The van der Waals surface area contributed by atoms with Crippen LogP contribution in [0.1, 0.15) is 52.5 Å². The fourth-order valence-corrected chi connectivity index (χ4v) is 4.65. The summed E-state index contributed by atoms with van der Waals surface area (Å²) in [7, 11) is 0. The topological polar surface area (TPSA) is 96.7 Å². The van der Waals surface area contributed by atoms with Gasteiger partial charge in [0.15, 0.2) is 0 Å². The fraction of sp³-hybridized carbons (Fsp3) is 0.542. The molecule has 1 fully saturated rings. The van der Waals surface area contributed by atoms with Crippen molar-refractivity contribution in [2.75, 3.05) is 11.5 Å². The van der Waals surface area contributed by atoms with Crippen LogP contribution < -0.4 is 15.0 Å². The molecule has 0 radical (unpaired) electrons. The zero-order chi connectivity index (χ0) is 23.0. The van der Waals surface area contributed by atoms with Gasteiger partial charge in [-0.3, -0.25) is 14.3 Å². The van der Waals surface area contributed by atoms with Gasteiger partial charge in [0.05, 0.1) is 30.1 Å². The number of aromatic nitrogens is 2. The van der Waals surface area contributed by atoms with Gasteiger partial charge in [0, 0.05) is 42.3 Å². The zero-order valence-corrected chi connectivity index (χ0v) is 19.2. The van der Waals surface area contributed by atoms with E-state index in [0.717, 1.165) is 47.4 Å². The van der Waals surface area contributed by atoms with Gasteiger partial charge in [-0.05, 0) is 52.2 Å². The number of rotatable bonds is 6. The fourth-order valence-electron chi connectivity index (χ4n) is 4.65. The first kappa shape index (κ1) is 22.3. The van der Waals surface area contributed by atoms with Gasteiger partial charge < -0.3 is 20.1 Å². The lowest BCUT2D eigenvalue weighted by atomic mass is 9.92. The number of carbonyl (C=O) groups excluding carboxylic acids is 2. The maximum absolute atomic E-state index is 12.4. The summed E-state index contributed by atoms with van der Waals surface area (Å²) in [5, 5.41) is 17.5. The third kappa shape index (κ3) is 4.65. The second-order valence-electron chi connectivity index (χ2n) is 9.57. The van der Waals surface area contributed by atoms with Crippen LogP contribution >= 0.6 is 0 Å². The van der Waals surface area contributed by atoms with Crippen molar-refractivity contribution in [2.45, 2.75) is 77.6 Å². The zero-order valence-electron chi connectivity index (χ0n) is 19.2. The normalized spacial score (nSPS) is 20.8. The largest absolute Gasteiger partial charge is 0.490 e. The first-order valence-electron chi connectivity index (χ1n) is 11.3. The summed E-state index contributed by atoms with van der Waals surface area (Å²) in [5.74, 6) is 0.807. The Bertz CT molecular complexity index is 1020. The Balaban J connectivity index is 1.72. The molecule has 2 amide bonds. The molecule has 8 heteroatoms. The maximum atomic E-state index is 12.4. The summed E-state index contributed by atoms with van der Waals surface area (Å²) in [5.41, 5.74) is 2.80. The molecule has 1 aromatic carbocycles. The molecule has 2 aliphatic rings. The molecule has 1 saturated heterocycles. The summed E-state index contributed by atoms with van der Waals surface area (Å²) in [6.07, 6.45) is 6.60. The predicted molar refractivity (Wildman–Crippen MR) is 122 cm³/mol. The number of hydrogen-bond donors (Lipinski definition) is 2. The van der Waals surface area contributed by atoms with Crippen LogP contribution in [-0.4, -0.2) is 51.0 Å². The van der Waals surface area contributed by atoms with E-state index in [4.69, 9.17) is 4.74 Å². The average Bonchev–Trinajstić information content (AvgIpc) is 3.32. The van der Waals surface area contributed by atoms with Gasteiger partial charge in [0.25, 0.3) is 0 Å². The summed E-state index contributed by atoms with van der Waals surface area (Å²) >= 11 is 0. The maximum Gasteiger partial charge on any atom is 0.224 e. The smallest absolute Gasteiger partial charge is 0.224 e. The number of nitrogens with zero attached hydrogens (tertiary/aromatic N) is 3. The van der Waals surface area contributed by atoms with Crippen molar-refractivity contribution in [1.29, 1.82) is 0 Å². The van der Waals surface area contributed by atoms with E-state index in [2.05, 4.69) is 17.3 Å². The molecule has 2 aliphatic heterocycles. The molecule has 2 N–H and O–H groups in total. The quantitative estimate of drug-likeness (QED) is 0.720. The number of carbonyl (C=O) groups is 2. The van der Waals surface area contributed by atoms with Gasteiger partial charge in [-0.25, -0.2) is 0 Å². The second-order valence-corrected chi connectivity index (χ2v) is 9.57. The number of amides is 2. The number of fused-ring (bicyclic) bond motifs is 1. The van der Waals surface area contributed by atoms with Gasteiger partial charge in [0.2, 0.25) is 11.8 Å².